The Bertz CT molecular complexity index is 441. The van der Waals surface area contributed by atoms with E-state index in [0.717, 1.165) is 19.4 Å². The van der Waals surface area contributed by atoms with E-state index in [1.54, 1.807) is 18.2 Å². The number of Topliss-reactive ketones (excluding diaryl/α,β-unsaturated/α-hetero) is 1. The smallest absolute Gasteiger partial charge is 0.151 e. The third-order valence-electron chi connectivity index (χ3n) is 3.78. The number of nitrogens with zero attached hydrogens (tertiary/aromatic N) is 1. The minimum atomic E-state index is -0.288. The predicted octanol–water partition coefficient (Wildman–Crippen LogP) is 4.08. The van der Waals surface area contributed by atoms with Gasteiger partial charge in [-0.3, -0.25) is 9.69 Å². The van der Waals surface area contributed by atoms with Crippen molar-refractivity contribution in [2.45, 2.75) is 53.0 Å². The van der Waals surface area contributed by atoms with Crippen LogP contribution in [-0.2, 0) is 11.2 Å². The number of carbonyl (C=O) groups is 1. The minimum absolute atomic E-state index is 0.0904. The largest absolute Gasteiger partial charge is 0.298 e. The summed E-state index contributed by atoms with van der Waals surface area (Å²) in [6.45, 7) is 9.97. The van der Waals surface area contributed by atoms with E-state index >= 15 is 0 Å². The molecule has 1 aromatic carbocycles. The second-order valence-corrected chi connectivity index (χ2v) is 6.10. The van der Waals surface area contributed by atoms with Crippen LogP contribution in [-0.4, -0.2) is 29.8 Å². The molecule has 2 nitrogen and oxygen atoms in total. The van der Waals surface area contributed by atoms with Gasteiger partial charge in [-0.05, 0) is 30.4 Å². The van der Waals surface area contributed by atoms with E-state index in [4.69, 9.17) is 0 Å². The molecule has 1 rings (SSSR count). The molecule has 0 atom stereocenters. The average molecular weight is 293 g/mol. The predicted molar refractivity (Wildman–Crippen MR) is 85.9 cm³/mol. The van der Waals surface area contributed by atoms with E-state index in [1.165, 1.54) is 6.07 Å². The fourth-order valence-electron chi connectivity index (χ4n) is 2.75. The van der Waals surface area contributed by atoms with Crippen molar-refractivity contribution in [1.29, 1.82) is 0 Å². The van der Waals surface area contributed by atoms with Crippen molar-refractivity contribution in [2.75, 3.05) is 13.1 Å². The number of hydrogen-bond acceptors (Lipinski definition) is 2. The van der Waals surface area contributed by atoms with Crippen LogP contribution in [0.1, 0.15) is 46.1 Å². The summed E-state index contributed by atoms with van der Waals surface area (Å²) in [5.74, 6) is 0.323. The van der Waals surface area contributed by atoms with Gasteiger partial charge >= 0.3 is 0 Å². The van der Waals surface area contributed by atoms with Crippen molar-refractivity contribution >= 4 is 5.78 Å². The van der Waals surface area contributed by atoms with E-state index in [1.807, 2.05) is 0 Å². The lowest BCUT2D eigenvalue weighted by atomic mass is 10.0. The van der Waals surface area contributed by atoms with E-state index in [0.29, 0.717) is 24.1 Å². The third-order valence-corrected chi connectivity index (χ3v) is 3.78. The molecule has 0 fully saturated rings. The summed E-state index contributed by atoms with van der Waals surface area (Å²) in [4.78, 5) is 14.5. The summed E-state index contributed by atoms with van der Waals surface area (Å²) in [6, 6.07) is 6.96. The Hall–Kier alpha value is -1.22. The van der Waals surface area contributed by atoms with Gasteiger partial charge in [0.1, 0.15) is 5.82 Å². The molecule has 0 radical (unpaired) electrons. The van der Waals surface area contributed by atoms with Gasteiger partial charge in [0.2, 0.25) is 0 Å². The normalized spacial score (nSPS) is 11.6. The van der Waals surface area contributed by atoms with Crippen LogP contribution in [0.4, 0.5) is 4.39 Å². The lowest BCUT2D eigenvalue weighted by Gasteiger charge is -2.31. The van der Waals surface area contributed by atoms with Gasteiger partial charge in [-0.25, -0.2) is 4.39 Å². The highest BCUT2D eigenvalue weighted by molar-refractivity contribution is 5.82. The molecule has 0 saturated carbocycles. The number of ketones is 1. The summed E-state index contributed by atoms with van der Waals surface area (Å²) in [5, 5.41) is 0. The maximum atomic E-state index is 13.6. The molecule has 3 heteroatoms. The first-order chi connectivity index (χ1) is 9.97. The monoisotopic (exact) mass is 293 g/mol. The second-order valence-electron chi connectivity index (χ2n) is 6.10. The Morgan fingerprint density at radius 2 is 1.81 bits per heavy atom. The number of hydrogen-bond donors (Lipinski definition) is 0. The van der Waals surface area contributed by atoms with Crippen molar-refractivity contribution in [3.8, 4) is 0 Å². The van der Waals surface area contributed by atoms with Crippen molar-refractivity contribution in [3.63, 3.8) is 0 Å². The Morgan fingerprint density at radius 1 is 1.19 bits per heavy atom. The van der Waals surface area contributed by atoms with Crippen LogP contribution in [0.15, 0.2) is 24.3 Å². The van der Waals surface area contributed by atoms with Crippen LogP contribution < -0.4 is 0 Å². The molecule has 0 aliphatic rings. The Morgan fingerprint density at radius 3 is 2.33 bits per heavy atom. The van der Waals surface area contributed by atoms with Crippen LogP contribution in [0.5, 0.6) is 0 Å². The number of benzene rings is 1. The molecule has 0 spiro atoms. The summed E-state index contributed by atoms with van der Waals surface area (Å²) in [6.07, 6.45) is 2.26. The molecular formula is C18H28FNO. The van der Waals surface area contributed by atoms with Crippen molar-refractivity contribution in [2.24, 2.45) is 5.92 Å². The molecule has 0 saturated heterocycles. The zero-order valence-corrected chi connectivity index (χ0v) is 13.7. The molecular weight excluding hydrogens is 265 g/mol. The highest BCUT2D eigenvalue weighted by atomic mass is 19.1. The third kappa shape index (κ3) is 5.96. The number of rotatable bonds is 9. The average Bonchev–Trinajstić information content (AvgIpc) is 2.42. The van der Waals surface area contributed by atoms with Gasteiger partial charge in [-0.15, -0.1) is 0 Å². The first-order valence-corrected chi connectivity index (χ1v) is 7.97. The SMILES string of the molecule is CCC(CC)N(CC(=O)Cc1ccccc1F)CC(C)C. The van der Waals surface area contributed by atoms with E-state index in [9.17, 15) is 9.18 Å². The molecule has 0 aromatic heterocycles. The van der Waals surface area contributed by atoms with Gasteiger partial charge in [0.15, 0.2) is 5.78 Å². The van der Waals surface area contributed by atoms with Gasteiger partial charge in [0.05, 0.1) is 6.54 Å². The maximum absolute atomic E-state index is 13.6. The highest BCUT2D eigenvalue weighted by Crippen LogP contribution is 2.13. The van der Waals surface area contributed by atoms with E-state index < -0.39 is 0 Å². The van der Waals surface area contributed by atoms with Crippen molar-refractivity contribution in [1.82, 2.24) is 4.90 Å². The van der Waals surface area contributed by atoms with Gasteiger partial charge in [-0.2, -0.15) is 0 Å². The zero-order valence-electron chi connectivity index (χ0n) is 13.7. The summed E-state index contributed by atoms with van der Waals surface area (Å²) in [5.41, 5.74) is 0.497. The summed E-state index contributed by atoms with van der Waals surface area (Å²) < 4.78 is 13.6. The van der Waals surface area contributed by atoms with Crippen LogP contribution in [0.2, 0.25) is 0 Å². The molecule has 0 N–H and O–H groups in total. The Balaban J connectivity index is 2.69. The lowest BCUT2D eigenvalue weighted by Crippen LogP contribution is -2.41. The fraction of sp³-hybridized carbons (Fsp3) is 0.611. The van der Waals surface area contributed by atoms with Crippen molar-refractivity contribution in [3.05, 3.63) is 35.6 Å². The topological polar surface area (TPSA) is 20.3 Å². The van der Waals surface area contributed by atoms with E-state index in [-0.39, 0.29) is 18.0 Å². The molecule has 0 aliphatic carbocycles. The van der Waals surface area contributed by atoms with Crippen LogP contribution in [0, 0.1) is 11.7 Å². The number of halogens is 1. The Labute approximate surface area is 128 Å². The maximum Gasteiger partial charge on any atom is 0.151 e. The van der Waals surface area contributed by atoms with E-state index in [2.05, 4.69) is 32.6 Å². The molecule has 21 heavy (non-hydrogen) atoms. The molecule has 118 valence electrons. The molecule has 0 bridgehead atoms. The van der Waals surface area contributed by atoms with Crippen LogP contribution in [0.3, 0.4) is 0 Å². The van der Waals surface area contributed by atoms with Gasteiger partial charge < -0.3 is 0 Å². The molecule has 0 aliphatic heterocycles. The van der Waals surface area contributed by atoms with Crippen molar-refractivity contribution < 1.29 is 9.18 Å². The van der Waals surface area contributed by atoms with Gasteiger partial charge in [-0.1, -0.05) is 45.9 Å². The minimum Gasteiger partial charge on any atom is -0.298 e. The molecule has 0 unspecified atom stereocenters. The van der Waals surface area contributed by atoms with Gasteiger partial charge in [0, 0.05) is 19.0 Å². The fourth-order valence-corrected chi connectivity index (χ4v) is 2.75. The second kappa shape index (κ2) is 8.93. The number of carbonyl (C=O) groups excluding carboxylic acids is 1. The zero-order chi connectivity index (χ0) is 15.8. The quantitative estimate of drug-likeness (QED) is 0.683. The molecule has 0 heterocycles. The molecule has 0 amide bonds. The molecule has 1 aromatic rings. The Kier molecular flexibility index (Phi) is 7.58. The first kappa shape index (κ1) is 17.8. The van der Waals surface area contributed by atoms with Gasteiger partial charge in [0.25, 0.3) is 0 Å². The highest BCUT2D eigenvalue weighted by Gasteiger charge is 2.19. The first-order valence-electron chi connectivity index (χ1n) is 7.97. The summed E-state index contributed by atoms with van der Waals surface area (Å²) >= 11 is 0. The standard InChI is InChI=1S/C18H28FNO/c1-5-16(6-2)20(12-14(3)4)13-17(21)11-15-9-7-8-10-18(15)19/h7-10,14,16H,5-6,11-13H2,1-4H3. The van der Waals surface area contributed by atoms with Crippen LogP contribution in [0.25, 0.3) is 0 Å². The van der Waals surface area contributed by atoms with Crippen LogP contribution >= 0.6 is 0 Å². The lowest BCUT2D eigenvalue weighted by molar-refractivity contribution is -0.120. The summed E-state index contributed by atoms with van der Waals surface area (Å²) in [7, 11) is 0.